The van der Waals surface area contributed by atoms with Gasteiger partial charge < -0.3 is 15.8 Å². The lowest BCUT2D eigenvalue weighted by molar-refractivity contribution is -0.123. The van der Waals surface area contributed by atoms with Gasteiger partial charge in [0.1, 0.15) is 0 Å². The molecule has 0 aromatic heterocycles. The summed E-state index contributed by atoms with van der Waals surface area (Å²) in [6.45, 7) is 5.21. The van der Waals surface area contributed by atoms with Gasteiger partial charge in [-0.05, 0) is 39.0 Å². The van der Waals surface area contributed by atoms with Crippen molar-refractivity contribution in [2.75, 3.05) is 13.2 Å². The van der Waals surface area contributed by atoms with Crippen molar-refractivity contribution in [2.24, 2.45) is 11.7 Å². The molecule has 0 aliphatic heterocycles. The minimum Gasteiger partial charge on any atom is -0.380 e. The van der Waals surface area contributed by atoms with E-state index in [1.165, 1.54) is 0 Å². The van der Waals surface area contributed by atoms with Crippen LogP contribution in [0.4, 0.5) is 0 Å². The molecule has 100 valence electrons. The molecule has 0 spiro atoms. The number of nitrogens with one attached hydrogen (secondary N) is 1. The van der Waals surface area contributed by atoms with Crippen molar-refractivity contribution in [3.63, 3.8) is 0 Å². The van der Waals surface area contributed by atoms with E-state index in [9.17, 15) is 4.79 Å². The molecule has 0 radical (unpaired) electrons. The van der Waals surface area contributed by atoms with Gasteiger partial charge in [-0.1, -0.05) is 6.42 Å². The molecule has 4 heteroatoms. The largest absolute Gasteiger partial charge is 0.380 e. The quantitative estimate of drug-likeness (QED) is 0.740. The second-order valence-electron chi connectivity index (χ2n) is 5.12. The number of ether oxygens (including phenoxy) is 1. The summed E-state index contributed by atoms with van der Waals surface area (Å²) in [7, 11) is 0. The SMILES string of the molecule is CCOCC(C)NC(=O)CC1CCCC(N)C1. The van der Waals surface area contributed by atoms with E-state index in [2.05, 4.69) is 5.32 Å². The third kappa shape index (κ3) is 6.03. The molecule has 3 N–H and O–H groups in total. The summed E-state index contributed by atoms with van der Waals surface area (Å²) in [5, 5.41) is 2.97. The number of hydrogen-bond acceptors (Lipinski definition) is 3. The summed E-state index contributed by atoms with van der Waals surface area (Å²) in [6, 6.07) is 0.391. The number of rotatable bonds is 6. The van der Waals surface area contributed by atoms with Gasteiger partial charge in [-0.25, -0.2) is 0 Å². The normalized spacial score (nSPS) is 26.5. The first-order valence-electron chi connectivity index (χ1n) is 6.74. The van der Waals surface area contributed by atoms with Crippen molar-refractivity contribution in [3.05, 3.63) is 0 Å². The fourth-order valence-corrected chi connectivity index (χ4v) is 2.45. The maximum Gasteiger partial charge on any atom is 0.220 e. The first-order chi connectivity index (χ1) is 8.11. The van der Waals surface area contributed by atoms with E-state index in [0.717, 1.165) is 25.7 Å². The van der Waals surface area contributed by atoms with E-state index in [-0.39, 0.29) is 11.9 Å². The summed E-state index contributed by atoms with van der Waals surface area (Å²) in [5.41, 5.74) is 5.92. The van der Waals surface area contributed by atoms with Crippen LogP contribution in [-0.4, -0.2) is 31.2 Å². The zero-order chi connectivity index (χ0) is 12.7. The molecule has 1 aliphatic carbocycles. The van der Waals surface area contributed by atoms with Crippen molar-refractivity contribution in [2.45, 2.75) is 58.0 Å². The first kappa shape index (κ1) is 14.5. The third-order valence-electron chi connectivity index (χ3n) is 3.28. The highest BCUT2D eigenvalue weighted by Crippen LogP contribution is 2.25. The van der Waals surface area contributed by atoms with E-state index in [1.807, 2.05) is 13.8 Å². The van der Waals surface area contributed by atoms with Crippen molar-refractivity contribution in [3.8, 4) is 0 Å². The van der Waals surface area contributed by atoms with Gasteiger partial charge in [-0.15, -0.1) is 0 Å². The molecule has 0 saturated heterocycles. The van der Waals surface area contributed by atoms with Crippen LogP contribution in [0.15, 0.2) is 0 Å². The average molecular weight is 242 g/mol. The minimum absolute atomic E-state index is 0.0970. The lowest BCUT2D eigenvalue weighted by Crippen LogP contribution is -2.38. The van der Waals surface area contributed by atoms with Crippen LogP contribution in [0.1, 0.15) is 46.0 Å². The van der Waals surface area contributed by atoms with Gasteiger partial charge in [0.05, 0.1) is 6.61 Å². The number of nitrogens with two attached hydrogens (primary N) is 1. The van der Waals surface area contributed by atoms with Crippen LogP contribution in [0, 0.1) is 5.92 Å². The highest BCUT2D eigenvalue weighted by molar-refractivity contribution is 5.76. The molecule has 1 saturated carbocycles. The van der Waals surface area contributed by atoms with Crippen molar-refractivity contribution < 1.29 is 9.53 Å². The van der Waals surface area contributed by atoms with Crippen LogP contribution in [0.5, 0.6) is 0 Å². The van der Waals surface area contributed by atoms with Gasteiger partial charge in [0.25, 0.3) is 0 Å². The fraction of sp³-hybridized carbons (Fsp3) is 0.923. The number of amides is 1. The lowest BCUT2D eigenvalue weighted by Gasteiger charge is -2.26. The number of carbonyl (C=O) groups excluding carboxylic acids is 1. The van der Waals surface area contributed by atoms with Crippen molar-refractivity contribution in [1.29, 1.82) is 0 Å². The van der Waals surface area contributed by atoms with Crippen LogP contribution < -0.4 is 11.1 Å². The number of carbonyl (C=O) groups is 1. The summed E-state index contributed by atoms with van der Waals surface area (Å²) < 4.78 is 5.27. The van der Waals surface area contributed by atoms with Crippen molar-refractivity contribution in [1.82, 2.24) is 5.32 Å². The smallest absolute Gasteiger partial charge is 0.220 e. The predicted octanol–water partition coefficient (Wildman–Crippen LogP) is 1.44. The fourth-order valence-electron chi connectivity index (χ4n) is 2.45. The average Bonchev–Trinajstić information content (AvgIpc) is 2.26. The molecule has 3 atom stereocenters. The third-order valence-corrected chi connectivity index (χ3v) is 3.28. The van der Waals surface area contributed by atoms with Crippen LogP contribution in [-0.2, 0) is 9.53 Å². The summed E-state index contributed by atoms with van der Waals surface area (Å²) in [6.07, 6.45) is 5.02. The molecule has 4 nitrogen and oxygen atoms in total. The minimum atomic E-state index is 0.0970. The van der Waals surface area contributed by atoms with Crippen LogP contribution in [0.3, 0.4) is 0 Å². The Hall–Kier alpha value is -0.610. The Labute approximate surface area is 104 Å². The molecule has 0 heterocycles. The Bertz CT molecular complexity index is 233. The lowest BCUT2D eigenvalue weighted by atomic mass is 9.84. The second-order valence-corrected chi connectivity index (χ2v) is 5.12. The van der Waals surface area contributed by atoms with E-state index in [0.29, 0.717) is 31.6 Å². The maximum atomic E-state index is 11.8. The summed E-state index contributed by atoms with van der Waals surface area (Å²) in [5.74, 6) is 0.606. The van der Waals surface area contributed by atoms with Crippen LogP contribution in [0.25, 0.3) is 0 Å². The summed E-state index contributed by atoms with van der Waals surface area (Å²) in [4.78, 5) is 11.8. The van der Waals surface area contributed by atoms with Gasteiger partial charge >= 0.3 is 0 Å². The highest BCUT2D eigenvalue weighted by Gasteiger charge is 2.22. The van der Waals surface area contributed by atoms with Gasteiger partial charge in [0, 0.05) is 25.1 Å². The molecule has 0 aromatic carbocycles. The Balaban J connectivity index is 2.19. The van der Waals surface area contributed by atoms with Gasteiger partial charge in [0.15, 0.2) is 0 Å². The van der Waals surface area contributed by atoms with Crippen LogP contribution >= 0.6 is 0 Å². The monoisotopic (exact) mass is 242 g/mol. The first-order valence-corrected chi connectivity index (χ1v) is 6.74. The van der Waals surface area contributed by atoms with E-state index >= 15 is 0 Å². The molecule has 1 amide bonds. The maximum absolute atomic E-state index is 11.8. The highest BCUT2D eigenvalue weighted by atomic mass is 16.5. The van der Waals surface area contributed by atoms with Crippen molar-refractivity contribution >= 4 is 5.91 Å². The molecular weight excluding hydrogens is 216 g/mol. The van der Waals surface area contributed by atoms with E-state index in [1.54, 1.807) is 0 Å². The number of hydrogen-bond donors (Lipinski definition) is 2. The molecule has 1 fully saturated rings. The summed E-state index contributed by atoms with van der Waals surface area (Å²) >= 11 is 0. The molecule has 1 aliphatic rings. The zero-order valence-electron chi connectivity index (χ0n) is 11.1. The Kier molecular flexibility index (Phi) is 6.52. The van der Waals surface area contributed by atoms with Gasteiger partial charge in [-0.2, -0.15) is 0 Å². The standard InChI is InChI=1S/C13H26N2O2/c1-3-17-9-10(2)15-13(16)8-11-5-4-6-12(14)7-11/h10-12H,3-9,14H2,1-2H3,(H,15,16). The molecular formula is C13H26N2O2. The van der Waals surface area contributed by atoms with Crippen LogP contribution in [0.2, 0.25) is 0 Å². The Morgan fingerprint density at radius 3 is 2.94 bits per heavy atom. The predicted molar refractivity (Wildman–Crippen MR) is 68.6 cm³/mol. The molecule has 3 unspecified atom stereocenters. The molecule has 1 rings (SSSR count). The Morgan fingerprint density at radius 1 is 1.53 bits per heavy atom. The second kappa shape index (κ2) is 7.67. The molecule has 0 aromatic rings. The van der Waals surface area contributed by atoms with Gasteiger partial charge in [-0.3, -0.25) is 4.79 Å². The van der Waals surface area contributed by atoms with Gasteiger partial charge in [0.2, 0.25) is 5.91 Å². The topological polar surface area (TPSA) is 64.3 Å². The molecule has 0 bridgehead atoms. The van der Waals surface area contributed by atoms with E-state index < -0.39 is 0 Å². The Morgan fingerprint density at radius 2 is 2.29 bits per heavy atom. The molecule has 17 heavy (non-hydrogen) atoms. The zero-order valence-corrected chi connectivity index (χ0v) is 11.1. The van der Waals surface area contributed by atoms with E-state index in [4.69, 9.17) is 10.5 Å².